The van der Waals surface area contributed by atoms with Crippen LogP contribution < -0.4 is 5.32 Å². The molecule has 2 heterocycles. The normalized spacial score (nSPS) is 12.9. The molecule has 0 aliphatic heterocycles. The Hall–Kier alpha value is -2.88. The van der Waals surface area contributed by atoms with Crippen LogP contribution in [0.25, 0.3) is 22.3 Å². The molecule has 2 aromatic heterocycles. The number of hydrogen-bond acceptors (Lipinski definition) is 7. The van der Waals surface area contributed by atoms with Crippen LogP contribution in [0.1, 0.15) is 20.3 Å². The summed E-state index contributed by atoms with van der Waals surface area (Å²) in [4.78, 5) is 22.1. The summed E-state index contributed by atoms with van der Waals surface area (Å²) in [5, 5.41) is 4.07. The van der Waals surface area contributed by atoms with E-state index in [1.54, 1.807) is 50.6 Å². The number of ether oxygens (including phenoxy) is 2. The summed E-state index contributed by atoms with van der Waals surface area (Å²) < 4.78 is 11.8. The predicted octanol–water partition coefficient (Wildman–Crippen LogP) is 7.45. The van der Waals surface area contributed by atoms with Crippen LogP contribution in [0.4, 0.5) is 5.69 Å². The van der Waals surface area contributed by atoms with Crippen LogP contribution in [0.2, 0.25) is 5.02 Å². The number of fused-ring (bicyclic) bond motifs is 1. The molecule has 10 heteroatoms. The molecule has 1 aromatic carbocycles. The van der Waals surface area contributed by atoms with Gasteiger partial charge in [-0.15, -0.1) is 0 Å². The van der Waals surface area contributed by atoms with Crippen molar-refractivity contribution in [2.75, 3.05) is 38.6 Å². The second-order valence-electron chi connectivity index (χ2n) is 8.23. The fourth-order valence-electron chi connectivity index (χ4n) is 3.57. The summed E-state index contributed by atoms with van der Waals surface area (Å²) in [6.45, 7) is 5.25. The summed E-state index contributed by atoms with van der Waals surface area (Å²) in [7, 11) is 3.32. The number of methoxy groups -OCH3 is 2. The van der Waals surface area contributed by atoms with Gasteiger partial charge in [0.2, 0.25) is 0 Å². The van der Waals surface area contributed by atoms with Crippen molar-refractivity contribution in [3.8, 4) is 11.3 Å². The van der Waals surface area contributed by atoms with E-state index in [0.29, 0.717) is 40.2 Å². The van der Waals surface area contributed by atoms with Gasteiger partial charge in [0.25, 0.3) is 5.91 Å². The minimum absolute atomic E-state index is 0.237. The van der Waals surface area contributed by atoms with Gasteiger partial charge in [-0.3, -0.25) is 14.1 Å². The monoisotopic (exact) mass is 586 g/mol. The number of pyridine rings is 2. The van der Waals surface area contributed by atoms with Crippen molar-refractivity contribution in [1.29, 1.82) is 0 Å². The zero-order valence-corrected chi connectivity index (χ0v) is 24.7. The largest absolute Gasteiger partial charge is 0.385 e. The Balaban J connectivity index is 0.000000983. The van der Waals surface area contributed by atoms with E-state index in [1.165, 1.54) is 0 Å². The van der Waals surface area contributed by atoms with Gasteiger partial charge in [0, 0.05) is 61.1 Å². The lowest BCUT2D eigenvalue weighted by atomic mass is 10.1. The number of amides is 1. The number of carbonyl (C=O) groups excluding carboxylic acids is 1. The molecule has 0 fully saturated rings. The van der Waals surface area contributed by atoms with Crippen LogP contribution in [-0.2, 0) is 14.3 Å². The van der Waals surface area contributed by atoms with Gasteiger partial charge in [0.1, 0.15) is 6.73 Å². The Morgan fingerprint density at radius 3 is 2.59 bits per heavy atom. The van der Waals surface area contributed by atoms with Gasteiger partial charge in [-0.1, -0.05) is 36.2 Å². The molecule has 3 aromatic rings. The molecule has 0 bridgehead atoms. The van der Waals surface area contributed by atoms with Gasteiger partial charge >= 0.3 is 0 Å². The number of hydrogen-bond donors (Lipinski definition) is 1. The highest BCUT2D eigenvalue weighted by atomic mass is 35.5. The third-order valence-corrected chi connectivity index (χ3v) is 6.93. The highest BCUT2D eigenvalue weighted by Crippen LogP contribution is 2.31. The van der Waals surface area contributed by atoms with E-state index in [1.807, 2.05) is 53.7 Å². The molecule has 0 unspecified atom stereocenters. The van der Waals surface area contributed by atoms with Crippen molar-refractivity contribution in [3.05, 3.63) is 88.2 Å². The molecule has 0 radical (unpaired) electrons. The topological polar surface area (TPSA) is 76.6 Å². The van der Waals surface area contributed by atoms with Gasteiger partial charge in [-0.25, -0.2) is 4.98 Å². The van der Waals surface area contributed by atoms with E-state index < -0.39 is 0 Å². The second-order valence-corrected chi connectivity index (χ2v) is 10.4. The average molecular weight is 588 g/mol. The summed E-state index contributed by atoms with van der Waals surface area (Å²) in [6.07, 6.45) is 7.59. The number of nitrogens with zero attached hydrogens (tertiary/aromatic N) is 3. The molecule has 1 N–H and O–H groups in total. The highest BCUT2D eigenvalue weighted by Gasteiger charge is 2.17. The fraction of sp³-hybridized carbons (Fsp3) is 0.276. The van der Waals surface area contributed by atoms with Crippen molar-refractivity contribution in [2.24, 2.45) is 0 Å². The van der Waals surface area contributed by atoms with Gasteiger partial charge in [0.15, 0.2) is 0 Å². The fourth-order valence-corrected chi connectivity index (χ4v) is 4.80. The standard InChI is InChI=1S/C26H24Cl2N4O2S.C3H8O/c1-3-35-32(16-34-2)20-8-6-17(13-18(27)14-20)26(33)30-19-7-9-22(28)21(15-19)23-10-11-24-25(31-23)5-4-12-29-24;1-3-4-2/h4-12,14-15H,3,13,16H2,1-2H3,(H,30,33);3H2,1-2H3. The first-order chi connectivity index (χ1) is 18.9. The lowest BCUT2D eigenvalue weighted by molar-refractivity contribution is -0.112. The minimum atomic E-state index is -0.237. The number of nitrogens with one attached hydrogen (secondary N) is 1. The van der Waals surface area contributed by atoms with E-state index in [0.717, 1.165) is 34.7 Å². The zero-order chi connectivity index (χ0) is 28.2. The molecule has 0 spiro atoms. The lowest BCUT2D eigenvalue weighted by Crippen LogP contribution is -2.17. The van der Waals surface area contributed by atoms with Crippen LogP contribution in [0, 0.1) is 0 Å². The Labute approximate surface area is 244 Å². The molecular formula is C29H32Cl2N4O3S. The van der Waals surface area contributed by atoms with Gasteiger partial charge in [0.05, 0.1) is 27.4 Å². The Morgan fingerprint density at radius 1 is 1.08 bits per heavy atom. The van der Waals surface area contributed by atoms with E-state index in [2.05, 4.69) is 26.9 Å². The molecule has 206 valence electrons. The second kappa shape index (κ2) is 15.6. The quantitative estimate of drug-likeness (QED) is 0.206. The van der Waals surface area contributed by atoms with Crippen LogP contribution in [-0.4, -0.2) is 53.5 Å². The maximum atomic E-state index is 13.1. The Kier molecular flexibility index (Phi) is 12.3. The Morgan fingerprint density at radius 2 is 1.87 bits per heavy atom. The number of carbonyl (C=O) groups is 1. The SMILES string of the molecule is CCOC.CCSN(COC)C1=CC=C(C(=O)Nc2ccc(Cl)c(-c3ccc4ncccc4n3)c2)CC(Cl)=C1. The van der Waals surface area contributed by atoms with Gasteiger partial charge in [-0.2, -0.15) is 0 Å². The maximum Gasteiger partial charge on any atom is 0.251 e. The zero-order valence-electron chi connectivity index (χ0n) is 22.4. The number of benzene rings is 1. The molecule has 4 rings (SSSR count). The highest BCUT2D eigenvalue weighted by molar-refractivity contribution is 7.97. The summed E-state index contributed by atoms with van der Waals surface area (Å²) in [6, 6.07) is 12.8. The van der Waals surface area contributed by atoms with Crippen LogP contribution >= 0.6 is 35.1 Å². The molecule has 1 aliphatic rings. The van der Waals surface area contributed by atoms with E-state index in [-0.39, 0.29) is 5.91 Å². The first-order valence-electron chi connectivity index (χ1n) is 12.4. The van der Waals surface area contributed by atoms with Crippen LogP contribution in [0.3, 0.4) is 0 Å². The van der Waals surface area contributed by atoms with E-state index in [4.69, 9.17) is 27.9 Å². The van der Waals surface area contributed by atoms with Crippen LogP contribution in [0.5, 0.6) is 0 Å². The number of halogens is 2. The number of anilines is 1. The molecule has 7 nitrogen and oxygen atoms in total. The van der Waals surface area contributed by atoms with E-state index in [9.17, 15) is 4.79 Å². The smallest absolute Gasteiger partial charge is 0.251 e. The summed E-state index contributed by atoms with van der Waals surface area (Å²) in [5.41, 5.74) is 5.02. The molecule has 0 saturated heterocycles. The first-order valence-corrected chi connectivity index (χ1v) is 14.1. The summed E-state index contributed by atoms with van der Waals surface area (Å²) in [5.74, 6) is 0.643. The maximum absolute atomic E-state index is 13.1. The first kappa shape index (κ1) is 30.7. The van der Waals surface area contributed by atoms with Gasteiger partial charge in [-0.05, 0) is 73.5 Å². The minimum Gasteiger partial charge on any atom is -0.385 e. The Bertz CT molecular complexity index is 1370. The van der Waals surface area contributed by atoms with Gasteiger partial charge < -0.3 is 14.8 Å². The molecule has 0 atom stereocenters. The molecule has 1 amide bonds. The van der Waals surface area contributed by atoms with Crippen molar-refractivity contribution in [2.45, 2.75) is 20.3 Å². The molecule has 0 saturated carbocycles. The summed E-state index contributed by atoms with van der Waals surface area (Å²) >= 11 is 14.6. The number of rotatable bonds is 9. The third kappa shape index (κ3) is 8.81. The average Bonchev–Trinajstić information content (AvgIpc) is 3.15. The third-order valence-electron chi connectivity index (χ3n) is 5.48. The van der Waals surface area contributed by atoms with Crippen molar-refractivity contribution in [1.82, 2.24) is 14.3 Å². The lowest BCUT2D eigenvalue weighted by Gasteiger charge is -2.22. The molecular weight excluding hydrogens is 555 g/mol. The molecule has 1 aliphatic carbocycles. The van der Waals surface area contributed by atoms with Crippen molar-refractivity contribution < 1.29 is 14.3 Å². The van der Waals surface area contributed by atoms with Crippen molar-refractivity contribution >= 4 is 57.8 Å². The number of aromatic nitrogens is 2. The van der Waals surface area contributed by atoms with Crippen LogP contribution in [0.15, 0.2) is 83.2 Å². The van der Waals surface area contributed by atoms with Crippen molar-refractivity contribution in [3.63, 3.8) is 0 Å². The predicted molar refractivity (Wildman–Crippen MR) is 163 cm³/mol. The van der Waals surface area contributed by atoms with E-state index >= 15 is 0 Å². The molecule has 39 heavy (non-hydrogen) atoms. The number of allylic oxidation sites excluding steroid dienone is 4.